The average Bonchev–Trinajstić information content (AvgIpc) is 3.26. The number of benzene rings is 2. The van der Waals surface area contributed by atoms with Gasteiger partial charge in [0, 0.05) is 11.9 Å². The molecule has 2 aromatic carbocycles. The molecule has 0 bridgehead atoms. The molecule has 0 fully saturated rings. The molecule has 0 saturated heterocycles. The summed E-state index contributed by atoms with van der Waals surface area (Å²) in [4.78, 5) is 21.7. The number of pyridine rings is 1. The van der Waals surface area contributed by atoms with E-state index in [1.165, 1.54) is 0 Å². The van der Waals surface area contributed by atoms with Gasteiger partial charge in [0.1, 0.15) is 23.1 Å². The van der Waals surface area contributed by atoms with Gasteiger partial charge in [0.05, 0.1) is 30.3 Å². The summed E-state index contributed by atoms with van der Waals surface area (Å²) in [6, 6.07) is 15.4. The molecule has 11 nitrogen and oxygen atoms in total. The normalized spacial score (nSPS) is 14.0. The Balaban J connectivity index is 1.63. The van der Waals surface area contributed by atoms with Gasteiger partial charge in [0.2, 0.25) is 0 Å². The van der Waals surface area contributed by atoms with E-state index in [0.29, 0.717) is 30.2 Å². The van der Waals surface area contributed by atoms with Crippen LogP contribution in [-0.2, 0) is 31.7 Å². The van der Waals surface area contributed by atoms with Gasteiger partial charge in [-0.3, -0.25) is 9.32 Å². The van der Waals surface area contributed by atoms with Crippen LogP contribution < -0.4 is 20.7 Å². The average molecular weight is 555 g/mol. The number of nitrogens with zero attached hydrogens (tertiary/aromatic N) is 3. The van der Waals surface area contributed by atoms with E-state index < -0.39 is 19.8 Å². The maximum atomic E-state index is 13.9. The van der Waals surface area contributed by atoms with Gasteiger partial charge < -0.3 is 24.9 Å². The zero-order valence-corrected chi connectivity index (χ0v) is 23.5. The van der Waals surface area contributed by atoms with E-state index in [2.05, 4.69) is 15.4 Å². The number of hydrogen-bond acceptors (Lipinski definition) is 9. The number of ether oxygens (including phenoxy) is 1. The summed E-state index contributed by atoms with van der Waals surface area (Å²) in [7, 11) is -4.00. The minimum Gasteiger partial charge on any atom is -0.462 e. The topological polar surface area (TPSA) is 143 Å². The van der Waals surface area contributed by atoms with Crippen LogP contribution in [-0.4, -0.2) is 45.8 Å². The first-order valence-corrected chi connectivity index (χ1v) is 14.5. The number of imidazole rings is 1. The molecule has 2 atom stereocenters. The Hall–Kier alpha value is -3.50. The molecule has 0 spiro atoms. The van der Waals surface area contributed by atoms with Crippen LogP contribution in [0.5, 0.6) is 5.75 Å². The maximum Gasteiger partial charge on any atom is 0.459 e. The minimum atomic E-state index is -4.00. The standard InChI is InChI=1S/C27H35N6O5P/c1-5-29-17-23-31-24-25(21-13-9-10-14-22(21)30-26(24)28)33(23)15-16-36-39(35,38-20-11-7-6-8-12-20)32-19(4)27(34)37-18(2)3/h6-14,18-19,29H,5,15-17H2,1-4H3,(H2,28,30)(H,32,35)/t19-,39-/m1/s1. The molecule has 0 amide bonds. The van der Waals surface area contributed by atoms with E-state index in [0.717, 1.165) is 28.8 Å². The lowest BCUT2D eigenvalue weighted by Gasteiger charge is -2.23. The molecule has 0 aliphatic heterocycles. The maximum absolute atomic E-state index is 13.9. The van der Waals surface area contributed by atoms with Crippen LogP contribution >= 0.6 is 7.75 Å². The molecule has 39 heavy (non-hydrogen) atoms. The highest BCUT2D eigenvalue weighted by Gasteiger charge is 2.32. The number of nitrogens with one attached hydrogen (secondary N) is 2. The third kappa shape index (κ3) is 6.93. The number of nitrogen functional groups attached to an aromatic ring is 1. The van der Waals surface area contributed by atoms with E-state index in [1.807, 2.05) is 41.8 Å². The summed E-state index contributed by atoms with van der Waals surface area (Å²) in [6.07, 6.45) is -0.321. The second-order valence-corrected chi connectivity index (χ2v) is 10.9. The molecule has 4 rings (SSSR count). The number of fused-ring (bicyclic) bond motifs is 3. The summed E-state index contributed by atoms with van der Waals surface area (Å²) in [6.45, 7) is 8.57. The third-order valence-corrected chi connectivity index (χ3v) is 7.50. The molecule has 12 heteroatoms. The summed E-state index contributed by atoms with van der Waals surface area (Å²) >= 11 is 0. The number of carbonyl (C=O) groups is 1. The van der Waals surface area contributed by atoms with Crippen molar-refractivity contribution in [3.05, 3.63) is 60.4 Å². The Morgan fingerprint density at radius 2 is 1.79 bits per heavy atom. The van der Waals surface area contributed by atoms with Crippen LogP contribution in [0.25, 0.3) is 21.9 Å². The highest BCUT2D eigenvalue weighted by molar-refractivity contribution is 7.52. The van der Waals surface area contributed by atoms with Crippen LogP contribution in [0.15, 0.2) is 54.6 Å². The van der Waals surface area contributed by atoms with Gasteiger partial charge in [-0.2, -0.15) is 5.09 Å². The molecule has 2 heterocycles. The summed E-state index contributed by atoms with van der Waals surface area (Å²) in [5.41, 5.74) is 8.43. The van der Waals surface area contributed by atoms with Gasteiger partial charge in [-0.25, -0.2) is 14.5 Å². The molecule has 0 unspecified atom stereocenters. The van der Waals surface area contributed by atoms with Crippen LogP contribution in [0, 0.1) is 0 Å². The first-order chi connectivity index (χ1) is 18.7. The largest absolute Gasteiger partial charge is 0.462 e. The molecular formula is C27H35N6O5P. The minimum absolute atomic E-state index is 0.00972. The van der Waals surface area contributed by atoms with Crippen LogP contribution in [0.2, 0.25) is 0 Å². The summed E-state index contributed by atoms with van der Waals surface area (Å²) in [5.74, 6) is 0.844. The lowest BCUT2D eigenvalue weighted by molar-refractivity contribution is -0.149. The van der Waals surface area contributed by atoms with E-state index >= 15 is 0 Å². The highest BCUT2D eigenvalue weighted by Crippen LogP contribution is 2.45. The fourth-order valence-corrected chi connectivity index (χ4v) is 5.59. The second-order valence-electron chi connectivity index (χ2n) is 9.24. The van der Waals surface area contributed by atoms with Gasteiger partial charge in [-0.05, 0) is 45.5 Å². The zero-order chi connectivity index (χ0) is 28.0. The Morgan fingerprint density at radius 1 is 1.08 bits per heavy atom. The van der Waals surface area contributed by atoms with Gasteiger partial charge >= 0.3 is 13.7 Å². The van der Waals surface area contributed by atoms with Gasteiger partial charge in [0.15, 0.2) is 5.82 Å². The van der Waals surface area contributed by atoms with Crippen molar-refractivity contribution in [1.82, 2.24) is 24.9 Å². The van der Waals surface area contributed by atoms with Crippen molar-refractivity contribution in [1.29, 1.82) is 0 Å². The van der Waals surface area contributed by atoms with E-state index in [4.69, 9.17) is 24.5 Å². The van der Waals surface area contributed by atoms with Gasteiger partial charge in [-0.15, -0.1) is 0 Å². The van der Waals surface area contributed by atoms with Crippen molar-refractivity contribution in [3.8, 4) is 5.75 Å². The number of aromatic nitrogens is 3. The van der Waals surface area contributed by atoms with Gasteiger partial charge in [-0.1, -0.05) is 43.3 Å². The van der Waals surface area contributed by atoms with Crippen LogP contribution in [0.3, 0.4) is 0 Å². The van der Waals surface area contributed by atoms with Crippen molar-refractivity contribution in [3.63, 3.8) is 0 Å². The zero-order valence-electron chi connectivity index (χ0n) is 22.6. The molecule has 0 aliphatic rings. The number of rotatable bonds is 13. The third-order valence-electron chi connectivity index (χ3n) is 5.82. The van der Waals surface area contributed by atoms with E-state index in [9.17, 15) is 9.36 Å². The first-order valence-electron chi connectivity index (χ1n) is 12.9. The first kappa shape index (κ1) is 28.5. The Bertz CT molecular complexity index is 1480. The Morgan fingerprint density at radius 3 is 2.51 bits per heavy atom. The second kappa shape index (κ2) is 12.6. The van der Waals surface area contributed by atoms with Crippen molar-refractivity contribution in [2.24, 2.45) is 0 Å². The van der Waals surface area contributed by atoms with E-state index in [-0.39, 0.29) is 12.7 Å². The Kier molecular flexibility index (Phi) is 9.19. The molecule has 2 aromatic heterocycles. The van der Waals surface area contributed by atoms with Crippen LogP contribution in [0.1, 0.15) is 33.5 Å². The summed E-state index contributed by atoms with van der Waals surface area (Å²) < 4.78 is 32.8. The fraction of sp³-hybridized carbons (Fsp3) is 0.370. The number of anilines is 1. The lowest BCUT2D eigenvalue weighted by Crippen LogP contribution is -2.36. The Labute approximate surface area is 227 Å². The lowest BCUT2D eigenvalue weighted by atomic mass is 10.2. The molecule has 0 aliphatic carbocycles. The summed E-state index contributed by atoms with van der Waals surface area (Å²) in [5, 5.41) is 6.91. The molecule has 208 valence electrons. The predicted octanol–water partition coefficient (Wildman–Crippen LogP) is 4.41. The van der Waals surface area contributed by atoms with E-state index in [1.54, 1.807) is 45.0 Å². The van der Waals surface area contributed by atoms with Crippen LogP contribution in [0.4, 0.5) is 5.82 Å². The van der Waals surface area contributed by atoms with Crippen molar-refractivity contribution >= 4 is 41.5 Å². The quantitative estimate of drug-likeness (QED) is 0.161. The smallest absolute Gasteiger partial charge is 0.459 e. The molecule has 4 aromatic rings. The SMILES string of the molecule is CCNCc1nc2c(N)nc3ccccc3c2n1CCO[P@](=O)(N[C@H](C)C(=O)OC(C)C)Oc1ccccc1. The number of para-hydroxylation sites is 2. The number of hydrogen-bond donors (Lipinski definition) is 3. The van der Waals surface area contributed by atoms with Crippen molar-refractivity contribution < 1.29 is 23.1 Å². The molecular weight excluding hydrogens is 519 g/mol. The van der Waals surface area contributed by atoms with Gasteiger partial charge in [0.25, 0.3) is 0 Å². The van der Waals surface area contributed by atoms with Crippen molar-refractivity contribution in [2.45, 2.75) is 52.9 Å². The predicted molar refractivity (Wildman–Crippen MR) is 151 cm³/mol. The number of carbonyl (C=O) groups excluding carboxylic acids is 1. The molecule has 0 saturated carbocycles. The highest BCUT2D eigenvalue weighted by atomic mass is 31.2. The fourth-order valence-electron chi connectivity index (χ4n) is 4.10. The monoisotopic (exact) mass is 554 g/mol. The molecule has 0 radical (unpaired) electrons. The number of nitrogens with two attached hydrogens (primary N) is 1. The number of esters is 1. The molecule has 4 N–H and O–H groups in total. The van der Waals surface area contributed by atoms with Crippen molar-refractivity contribution in [2.75, 3.05) is 18.9 Å².